The van der Waals surface area contributed by atoms with Crippen LogP contribution in [0.25, 0.3) is 0 Å². The van der Waals surface area contributed by atoms with Crippen LogP contribution in [0.1, 0.15) is 36.9 Å². The van der Waals surface area contributed by atoms with Crippen molar-refractivity contribution in [2.24, 2.45) is 5.92 Å². The molecule has 7 heteroatoms. The highest BCUT2D eigenvalue weighted by Gasteiger charge is 2.18. The van der Waals surface area contributed by atoms with E-state index in [0.717, 1.165) is 11.3 Å². The highest BCUT2D eigenvalue weighted by atomic mass is 32.2. The predicted octanol–water partition coefficient (Wildman–Crippen LogP) is 1.72. The molecule has 1 amide bonds. The summed E-state index contributed by atoms with van der Waals surface area (Å²) in [5, 5.41) is 2.69. The maximum Gasteiger partial charge on any atom is 0.263 e. The SMILES string of the molecule is CCS(=O)(=O)c1ncc(C(=O)NCCC#CC(C)C)s1. The summed E-state index contributed by atoms with van der Waals surface area (Å²) in [5.74, 6) is 5.94. The normalized spacial score (nSPS) is 11.0. The van der Waals surface area contributed by atoms with Gasteiger partial charge in [0.1, 0.15) is 4.88 Å². The Bertz CT molecular complexity index is 622. The van der Waals surface area contributed by atoms with Crippen molar-refractivity contribution in [2.75, 3.05) is 12.3 Å². The van der Waals surface area contributed by atoms with Gasteiger partial charge in [-0.15, -0.1) is 11.8 Å². The molecule has 0 saturated carbocycles. The maximum absolute atomic E-state index is 11.8. The van der Waals surface area contributed by atoms with Gasteiger partial charge in [0.05, 0.1) is 11.9 Å². The molecule has 0 aliphatic carbocycles. The quantitative estimate of drug-likeness (QED) is 0.663. The number of carbonyl (C=O) groups excluding carboxylic acids is 1. The smallest absolute Gasteiger partial charge is 0.263 e. The van der Waals surface area contributed by atoms with Crippen molar-refractivity contribution in [1.29, 1.82) is 0 Å². The molecule has 1 N–H and O–H groups in total. The van der Waals surface area contributed by atoms with Crippen LogP contribution in [0, 0.1) is 17.8 Å². The number of rotatable bonds is 5. The standard InChI is InChI=1S/C13H18N2O3S2/c1-4-20(17,18)13-15-9-11(19-13)12(16)14-8-6-5-7-10(2)3/h9-10H,4,6,8H2,1-3H3,(H,14,16). The lowest BCUT2D eigenvalue weighted by atomic mass is 10.2. The van der Waals surface area contributed by atoms with Crippen molar-refractivity contribution in [1.82, 2.24) is 10.3 Å². The van der Waals surface area contributed by atoms with Gasteiger partial charge in [0, 0.05) is 18.9 Å². The van der Waals surface area contributed by atoms with Crippen molar-refractivity contribution in [3.8, 4) is 11.8 Å². The summed E-state index contributed by atoms with van der Waals surface area (Å²) in [6, 6.07) is 0. The molecule has 0 fully saturated rings. The van der Waals surface area contributed by atoms with Crippen molar-refractivity contribution >= 4 is 27.1 Å². The highest BCUT2D eigenvalue weighted by molar-refractivity contribution is 7.93. The summed E-state index contributed by atoms with van der Waals surface area (Å²) in [4.78, 5) is 15.9. The molecule has 1 rings (SSSR count). The molecule has 0 radical (unpaired) electrons. The topological polar surface area (TPSA) is 76.1 Å². The van der Waals surface area contributed by atoms with Crippen molar-refractivity contribution in [2.45, 2.75) is 31.5 Å². The number of nitrogens with one attached hydrogen (secondary N) is 1. The van der Waals surface area contributed by atoms with Crippen LogP contribution in [0.3, 0.4) is 0 Å². The Morgan fingerprint density at radius 1 is 1.50 bits per heavy atom. The number of hydrogen-bond donors (Lipinski definition) is 1. The zero-order valence-corrected chi connectivity index (χ0v) is 13.4. The fraction of sp³-hybridized carbons (Fsp3) is 0.538. The van der Waals surface area contributed by atoms with Crippen molar-refractivity contribution < 1.29 is 13.2 Å². The molecule has 0 unspecified atom stereocenters. The van der Waals surface area contributed by atoms with Crippen LogP contribution < -0.4 is 5.32 Å². The van der Waals surface area contributed by atoms with E-state index in [-0.39, 0.29) is 16.0 Å². The minimum atomic E-state index is -3.34. The number of sulfone groups is 1. The second-order valence-electron chi connectivity index (χ2n) is 4.38. The first-order chi connectivity index (χ1) is 9.36. The van der Waals surface area contributed by atoms with Gasteiger partial charge in [-0.1, -0.05) is 32.1 Å². The number of nitrogens with zero attached hydrogens (tertiary/aromatic N) is 1. The lowest BCUT2D eigenvalue weighted by Gasteiger charge is -1.99. The fourth-order valence-electron chi connectivity index (χ4n) is 1.23. The molecule has 0 aliphatic rings. The number of thiazole rings is 1. The molecule has 0 atom stereocenters. The Morgan fingerprint density at radius 3 is 2.80 bits per heavy atom. The van der Waals surface area contributed by atoms with E-state index in [1.165, 1.54) is 6.20 Å². The first-order valence-corrected chi connectivity index (χ1v) is 8.79. The van der Waals surface area contributed by atoms with E-state index in [2.05, 4.69) is 22.1 Å². The third-order valence-electron chi connectivity index (χ3n) is 2.28. The molecular weight excluding hydrogens is 296 g/mol. The summed E-state index contributed by atoms with van der Waals surface area (Å²) >= 11 is 0.894. The van der Waals surface area contributed by atoms with Gasteiger partial charge in [-0.3, -0.25) is 4.79 Å². The molecule has 1 aromatic rings. The predicted molar refractivity (Wildman–Crippen MR) is 79.4 cm³/mol. The van der Waals surface area contributed by atoms with E-state index in [1.807, 2.05) is 13.8 Å². The van der Waals surface area contributed by atoms with Crippen LogP contribution >= 0.6 is 11.3 Å². The molecule has 0 aromatic carbocycles. The summed E-state index contributed by atoms with van der Waals surface area (Å²) in [6.45, 7) is 5.98. The molecule has 0 aliphatic heterocycles. The Balaban J connectivity index is 2.56. The minimum absolute atomic E-state index is 0.00949. The van der Waals surface area contributed by atoms with Gasteiger partial charge in [-0.05, 0) is 0 Å². The lowest BCUT2D eigenvalue weighted by Crippen LogP contribution is -2.23. The highest BCUT2D eigenvalue weighted by Crippen LogP contribution is 2.19. The molecular formula is C13H18N2O3S2. The number of aromatic nitrogens is 1. The van der Waals surface area contributed by atoms with E-state index in [9.17, 15) is 13.2 Å². The third kappa shape index (κ3) is 4.94. The van der Waals surface area contributed by atoms with E-state index in [0.29, 0.717) is 23.8 Å². The Kier molecular flexibility index (Phi) is 6.17. The molecule has 0 saturated heterocycles. The average Bonchev–Trinajstić information content (AvgIpc) is 2.88. The Labute approximate surface area is 123 Å². The molecule has 0 spiro atoms. The molecule has 1 aromatic heterocycles. The van der Waals surface area contributed by atoms with Crippen LogP contribution in [-0.4, -0.2) is 31.6 Å². The average molecular weight is 314 g/mol. The number of amides is 1. The summed E-state index contributed by atoms with van der Waals surface area (Å²) < 4.78 is 23.2. The molecule has 20 heavy (non-hydrogen) atoms. The Hall–Kier alpha value is -1.39. The summed E-state index contributed by atoms with van der Waals surface area (Å²) in [7, 11) is -3.34. The summed E-state index contributed by atoms with van der Waals surface area (Å²) in [5.41, 5.74) is 0. The van der Waals surface area contributed by atoms with Gasteiger partial charge in [0.2, 0.25) is 14.2 Å². The lowest BCUT2D eigenvalue weighted by molar-refractivity contribution is 0.0958. The third-order valence-corrected chi connectivity index (χ3v) is 5.48. The first kappa shape index (κ1) is 16.7. The minimum Gasteiger partial charge on any atom is -0.350 e. The van der Waals surface area contributed by atoms with Gasteiger partial charge in [-0.2, -0.15) is 0 Å². The number of hydrogen-bond acceptors (Lipinski definition) is 5. The van der Waals surface area contributed by atoms with Crippen molar-refractivity contribution in [3.63, 3.8) is 0 Å². The van der Waals surface area contributed by atoms with Crippen LogP contribution in [0.2, 0.25) is 0 Å². The molecule has 0 bridgehead atoms. The van der Waals surface area contributed by atoms with E-state index in [4.69, 9.17) is 0 Å². The zero-order chi connectivity index (χ0) is 15.2. The van der Waals surface area contributed by atoms with Crippen LogP contribution in [0.4, 0.5) is 0 Å². The fourth-order valence-corrected chi connectivity index (χ4v) is 3.39. The van der Waals surface area contributed by atoms with Gasteiger partial charge in [0.15, 0.2) is 0 Å². The van der Waals surface area contributed by atoms with Gasteiger partial charge in [0.25, 0.3) is 5.91 Å². The van der Waals surface area contributed by atoms with Gasteiger partial charge < -0.3 is 5.32 Å². The molecule has 5 nitrogen and oxygen atoms in total. The van der Waals surface area contributed by atoms with Gasteiger partial charge >= 0.3 is 0 Å². The van der Waals surface area contributed by atoms with Gasteiger partial charge in [-0.25, -0.2) is 13.4 Å². The van der Waals surface area contributed by atoms with Crippen molar-refractivity contribution in [3.05, 3.63) is 11.1 Å². The second kappa shape index (κ2) is 7.41. The van der Waals surface area contributed by atoms with E-state index >= 15 is 0 Å². The Morgan fingerprint density at radius 2 is 2.20 bits per heavy atom. The monoisotopic (exact) mass is 314 g/mol. The molecule has 1 heterocycles. The van der Waals surface area contributed by atoms with Crippen LogP contribution in [0.15, 0.2) is 10.5 Å². The zero-order valence-electron chi connectivity index (χ0n) is 11.8. The number of carbonyl (C=O) groups is 1. The first-order valence-electron chi connectivity index (χ1n) is 6.32. The van der Waals surface area contributed by atoms with Crippen LogP contribution in [-0.2, 0) is 9.84 Å². The van der Waals surface area contributed by atoms with E-state index < -0.39 is 9.84 Å². The molecule has 110 valence electrons. The second-order valence-corrected chi connectivity index (χ2v) is 7.86. The van der Waals surface area contributed by atoms with E-state index in [1.54, 1.807) is 6.92 Å². The maximum atomic E-state index is 11.8. The van der Waals surface area contributed by atoms with Crippen LogP contribution in [0.5, 0.6) is 0 Å². The summed E-state index contributed by atoms with van der Waals surface area (Å²) in [6.07, 6.45) is 1.87. The largest absolute Gasteiger partial charge is 0.350 e.